The molecule has 0 aromatic heterocycles. The summed E-state index contributed by atoms with van der Waals surface area (Å²) in [6.07, 6.45) is 2.91. The molecule has 0 bridgehead atoms. The van der Waals surface area contributed by atoms with Crippen molar-refractivity contribution in [3.8, 4) is 0 Å². The molecule has 2 unspecified atom stereocenters. The van der Waals surface area contributed by atoms with Crippen LogP contribution < -0.4 is 5.73 Å². The first-order valence-corrected chi connectivity index (χ1v) is 6.13. The van der Waals surface area contributed by atoms with E-state index in [4.69, 9.17) is 10.5 Å². The van der Waals surface area contributed by atoms with Crippen molar-refractivity contribution >= 4 is 0 Å². The van der Waals surface area contributed by atoms with Crippen LogP contribution in [0.3, 0.4) is 0 Å². The lowest BCUT2D eigenvalue weighted by atomic mass is 9.95. The minimum absolute atomic E-state index is 0.459. The number of ether oxygens (including phenoxy) is 1. The summed E-state index contributed by atoms with van der Waals surface area (Å²) in [6, 6.07) is 0. The molecule has 2 N–H and O–H groups in total. The number of hydrogen-bond acceptors (Lipinski definition) is 3. The van der Waals surface area contributed by atoms with Gasteiger partial charge in [0, 0.05) is 19.7 Å². The number of hydrogen-bond donors (Lipinski definition) is 1. The molecule has 1 rings (SSSR count). The lowest BCUT2D eigenvalue weighted by Gasteiger charge is -2.27. The maximum Gasteiger partial charge on any atom is 0.0702 e. The third-order valence-electron chi connectivity index (χ3n) is 3.33. The Morgan fingerprint density at radius 1 is 1.47 bits per heavy atom. The normalized spacial score (nSPS) is 24.0. The van der Waals surface area contributed by atoms with E-state index >= 15 is 0 Å². The molecule has 0 radical (unpaired) electrons. The molecule has 0 saturated carbocycles. The summed E-state index contributed by atoms with van der Waals surface area (Å²) in [5.74, 6) is 1.28. The molecule has 3 nitrogen and oxygen atoms in total. The Balaban J connectivity index is 2.23. The van der Waals surface area contributed by atoms with Crippen LogP contribution in [0.1, 0.15) is 26.7 Å². The SMILES string of the molecule is CC(C)C(CN)CN(C)CC1CCCO1. The Morgan fingerprint density at radius 3 is 2.67 bits per heavy atom. The predicted molar refractivity (Wildman–Crippen MR) is 63.9 cm³/mol. The first kappa shape index (κ1) is 12.9. The topological polar surface area (TPSA) is 38.5 Å². The average molecular weight is 214 g/mol. The Kier molecular flexibility index (Phi) is 5.58. The summed E-state index contributed by atoms with van der Waals surface area (Å²) in [7, 11) is 2.17. The van der Waals surface area contributed by atoms with E-state index in [2.05, 4.69) is 25.8 Å². The van der Waals surface area contributed by atoms with Gasteiger partial charge in [0.2, 0.25) is 0 Å². The monoisotopic (exact) mass is 214 g/mol. The Labute approximate surface area is 94.0 Å². The minimum Gasteiger partial charge on any atom is -0.377 e. The van der Waals surface area contributed by atoms with E-state index in [1.807, 2.05) is 0 Å². The van der Waals surface area contributed by atoms with Gasteiger partial charge in [0.05, 0.1) is 6.10 Å². The lowest BCUT2D eigenvalue weighted by molar-refractivity contribution is 0.0744. The van der Waals surface area contributed by atoms with E-state index in [-0.39, 0.29) is 0 Å². The van der Waals surface area contributed by atoms with Crippen molar-refractivity contribution in [1.82, 2.24) is 4.90 Å². The highest BCUT2D eigenvalue weighted by atomic mass is 16.5. The van der Waals surface area contributed by atoms with Gasteiger partial charge in [0.15, 0.2) is 0 Å². The molecule has 0 amide bonds. The fraction of sp³-hybridized carbons (Fsp3) is 1.00. The first-order chi connectivity index (χ1) is 7.13. The molecule has 1 aliphatic heterocycles. The van der Waals surface area contributed by atoms with Crippen LogP contribution >= 0.6 is 0 Å². The summed E-state index contributed by atoms with van der Waals surface area (Å²) in [5, 5.41) is 0. The van der Waals surface area contributed by atoms with Gasteiger partial charge >= 0.3 is 0 Å². The van der Waals surface area contributed by atoms with Gasteiger partial charge in [-0.05, 0) is 38.3 Å². The molecule has 1 aliphatic rings. The summed E-state index contributed by atoms with van der Waals surface area (Å²) in [5.41, 5.74) is 5.77. The molecule has 1 heterocycles. The quantitative estimate of drug-likeness (QED) is 0.725. The van der Waals surface area contributed by atoms with Crippen molar-refractivity contribution in [3.63, 3.8) is 0 Å². The van der Waals surface area contributed by atoms with E-state index in [9.17, 15) is 0 Å². The molecule has 0 aromatic carbocycles. The van der Waals surface area contributed by atoms with Crippen LogP contribution in [-0.4, -0.2) is 44.3 Å². The Bertz CT molecular complexity index is 167. The zero-order chi connectivity index (χ0) is 11.3. The van der Waals surface area contributed by atoms with Crippen molar-refractivity contribution in [2.75, 3.05) is 33.3 Å². The molecule has 1 saturated heterocycles. The van der Waals surface area contributed by atoms with Gasteiger partial charge in [-0.2, -0.15) is 0 Å². The van der Waals surface area contributed by atoms with E-state index in [0.717, 1.165) is 26.2 Å². The number of likely N-dealkylation sites (N-methyl/N-ethyl adjacent to an activating group) is 1. The first-order valence-electron chi connectivity index (χ1n) is 6.13. The molecule has 15 heavy (non-hydrogen) atoms. The molecule has 0 spiro atoms. The molecule has 3 heteroatoms. The minimum atomic E-state index is 0.459. The van der Waals surface area contributed by atoms with Crippen molar-refractivity contribution in [2.45, 2.75) is 32.8 Å². The smallest absolute Gasteiger partial charge is 0.0702 e. The van der Waals surface area contributed by atoms with Gasteiger partial charge in [-0.15, -0.1) is 0 Å². The Hall–Kier alpha value is -0.120. The molecule has 1 fully saturated rings. The van der Waals surface area contributed by atoms with E-state index in [1.165, 1.54) is 12.8 Å². The zero-order valence-electron chi connectivity index (χ0n) is 10.4. The molecular formula is C12H26N2O. The van der Waals surface area contributed by atoms with E-state index < -0.39 is 0 Å². The summed E-state index contributed by atoms with van der Waals surface area (Å²) in [4.78, 5) is 2.37. The number of nitrogens with zero attached hydrogens (tertiary/aromatic N) is 1. The standard InChI is InChI=1S/C12H26N2O/c1-10(2)11(7-13)8-14(3)9-12-5-4-6-15-12/h10-12H,4-9,13H2,1-3H3. The van der Waals surface area contributed by atoms with Gasteiger partial charge in [0.25, 0.3) is 0 Å². The molecule has 0 aliphatic carbocycles. The van der Waals surface area contributed by atoms with Gasteiger partial charge in [0.1, 0.15) is 0 Å². The van der Waals surface area contributed by atoms with Crippen molar-refractivity contribution < 1.29 is 4.74 Å². The fourth-order valence-electron chi connectivity index (χ4n) is 2.17. The predicted octanol–water partition coefficient (Wildman–Crippen LogP) is 1.33. The highest BCUT2D eigenvalue weighted by molar-refractivity contribution is 4.72. The molecule has 90 valence electrons. The lowest BCUT2D eigenvalue weighted by Crippen LogP contribution is -2.37. The third-order valence-corrected chi connectivity index (χ3v) is 3.33. The van der Waals surface area contributed by atoms with E-state index in [1.54, 1.807) is 0 Å². The van der Waals surface area contributed by atoms with Crippen molar-refractivity contribution in [1.29, 1.82) is 0 Å². The van der Waals surface area contributed by atoms with Crippen molar-refractivity contribution in [2.24, 2.45) is 17.6 Å². The van der Waals surface area contributed by atoms with Crippen LogP contribution in [0.2, 0.25) is 0 Å². The van der Waals surface area contributed by atoms with Crippen LogP contribution in [0.5, 0.6) is 0 Å². The molecular weight excluding hydrogens is 188 g/mol. The summed E-state index contributed by atoms with van der Waals surface area (Å²) in [6.45, 7) is 8.38. The largest absolute Gasteiger partial charge is 0.377 e. The Morgan fingerprint density at radius 2 is 2.20 bits per heavy atom. The molecule has 2 atom stereocenters. The second-order valence-corrected chi connectivity index (χ2v) is 5.10. The van der Waals surface area contributed by atoms with Crippen LogP contribution in [0.15, 0.2) is 0 Å². The van der Waals surface area contributed by atoms with Gasteiger partial charge in [-0.25, -0.2) is 0 Å². The summed E-state index contributed by atoms with van der Waals surface area (Å²) >= 11 is 0. The maximum atomic E-state index is 5.77. The van der Waals surface area contributed by atoms with Crippen LogP contribution in [-0.2, 0) is 4.74 Å². The van der Waals surface area contributed by atoms with Gasteiger partial charge < -0.3 is 15.4 Å². The van der Waals surface area contributed by atoms with Crippen LogP contribution in [0, 0.1) is 11.8 Å². The fourth-order valence-corrected chi connectivity index (χ4v) is 2.17. The molecule has 0 aromatic rings. The second kappa shape index (κ2) is 6.46. The second-order valence-electron chi connectivity index (χ2n) is 5.10. The number of nitrogens with two attached hydrogens (primary N) is 1. The van der Waals surface area contributed by atoms with Gasteiger partial charge in [-0.1, -0.05) is 13.8 Å². The van der Waals surface area contributed by atoms with Crippen LogP contribution in [0.25, 0.3) is 0 Å². The maximum absolute atomic E-state index is 5.77. The van der Waals surface area contributed by atoms with Crippen molar-refractivity contribution in [3.05, 3.63) is 0 Å². The summed E-state index contributed by atoms with van der Waals surface area (Å²) < 4.78 is 5.63. The average Bonchev–Trinajstić information content (AvgIpc) is 2.66. The van der Waals surface area contributed by atoms with E-state index in [0.29, 0.717) is 17.9 Å². The highest BCUT2D eigenvalue weighted by Crippen LogP contribution is 2.15. The number of rotatable bonds is 6. The van der Waals surface area contributed by atoms with Crippen LogP contribution in [0.4, 0.5) is 0 Å². The highest BCUT2D eigenvalue weighted by Gasteiger charge is 2.20. The van der Waals surface area contributed by atoms with Gasteiger partial charge in [-0.3, -0.25) is 0 Å². The zero-order valence-corrected chi connectivity index (χ0v) is 10.4. The third kappa shape index (κ3) is 4.49.